The molecule has 0 bridgehead atoms. The Hall–Kier alpha value is -3.75. The van der Waals surface area contributed by atoms with Gasteiger partial charge in [-0.3, -0.25) is 4.79 Å². The molecular weight excluding hydrogens is 460 g/mol. The van der Waals surface area contributed by atoms with Crippen LogP contribution in [0.2, 0.25) is 0 Å². The smallest absolute Gasteiger partial charge is 0.238 e. The number of hydrogen-bond acceptors (Lipinski definition) is 13. The first-order valence-electron chi connectivity index (χ1n) is 9.79. The number of aliphatic hydroxyl groups is 4. The topological polar surface area (TPSA) is 231 Å². The summed E-state index contributed by atoms with van der Waals surface area (Å²) in [5.74, 6) is -4.84. The van der Waals surface area contributed by atoms with E-state index in [1.54, 1.807) is 0 Å². The molecule has 4 rings (SSSR count). The van der Waals surface area contributed by atoms with Crippen LogP contribution in [0.1, 0.15) is 0 Å². The second-order valence-electron chi connectivity index (χ2n) is 7.58. The lowest BCUT2D eigenvalue weighted by Gasteiger charge is -2.39. The third-order valence-electron chi connectivity index (χ3n) is 5.38. The Morgan fingerprint density at radius 1 is 0.853 bits per heavy atom. The van der Waals surface area contributed by atoms with Gasteiger partial charge in [-0.25, -0.2) is 0 Å². The van der Waals surface area contributed by atoms with Crippen LogP contribution in [0.4, 0.5) is 0 Å². The van der Waals surface area contributed by atoms with E-state index >= 15 is 0 Å². The monoisotopic (exact) mass is 480 g/mol. The molecule has 9 N–H and O–H groups in total. The number of hydrogen-bond donors (Lipinski definition) is 9. The third-order valence-corrected chi connectivity index (χ3v) is 5.38. The molecule has 0 saturated carbocycles. The predicted octanol–water partition coefficient (Wildman–Crippen LogP) is -0.833. The van der Waals surface area contributed by atoms with E-state index in [9.17, 15) is 50.8 Å². The van der Waals surface area contributed by atoms with Gasteiger partial charge < -0.3 is 59.8 Å². The summed E-state index contributed by atoms with van der Waals surface area (Å²) in [6.07, 6.45) is -8.50. The first-order chi connectivity index (χ1) is 16.0. The molecule has 34 heavy (non-hydrogen) atoms. The van der Waals surface area contributed by atoms with Crippen molar-refractivity contribution in [1.29, 1.82) is 0 Å². The van der Waals surface area contributed by atoms with Gasteiger partial charge in [-0.1, -0.05) is 0 Å². The largest absolute Gasteiger partial charge is 0.507 e. The van der Waals surface area contributed by atoms with E-state index in [4.69, 9.17) is 13.9 Å². The molecule has 3 aromatic rings. The summed E-state index contributed by atoms with van der Waals surface area (Å²) in [5.41, 5.74) is -1.84. The van der Waals surface area contributed by atoms with Gasteiger partial charge in [0.2, 0.25) is 23.2 Å². The molecule has 0 radical (unpaired) electrons. The highest BCUT2D eigenvalue weighted by Crippen LogP contribution is 2.44. The van der Waals surface area contributed by atoms with E-state index in [0.29, 0.717) is 6.07 Å². The van der Waals surface area contributed by atoms with Gasteiger partial charge in [0.15, 0.2) is 28.6 Å². The molecule has 2 heterocycles. The first kappa shape index (κ1) is 23.4. The van der Waals surface area contributed by atoms with Gasteiger partial charge in [0.05, 0.1) is 6.61 Å². The Kier molecular flexibility index (Phi) is 5.89. The quantitative estimate of drug-likeness (QED) is 0.208. The van der Waals surface area contributed by atoms with Gasteiger partial charge in [-0.2, -0.15) is 0 Å². The maximum Gasteiger partial charge on any atom is 0.238 e. The Morgan fingerprint density at radius 3 is 2.21 bits per heavy atom. The zero-order chi connectivity index (χ0) is 24.9. The van der Waals surface area contributed by atoms with Gasteiger partial charge in [-0.15, -0.1) is 0 Å². The number of phenols is 4. The van der Waals surface area contributed by atoms with Crippen LogP contribution in [0, 0.1) is 0 Å². The zero-order valence-electron chi connectivity index (χ0n) is 17.1. The number of phenolic OH excluding ortho intramolecular Hbond substituents is 4. The molecule has 0 aliphatic carbocycles. The van der Waals surface area contributed by atoms with Crippen molar-refractivity contribution in [3.05, 3.63) is 34.5 Å². The summed E-state index contributed by atoms with van der Waals surface area (Å²) in [6.45, 7) is -0.759. The van der Waals surface area contributed by atoms with Crippen molar-refractivity contribution in [2.24, 2.45) is 0 Å². The molecule has 13 nitrogen and oxygen atoms in total. The minimum absolute atomic E-state index is 0.0755. The standard InChI is InChI=1S/C21H20O13/c22-5-11-13(27)15(29)17(31)21(32-11)34-19-10(26)4-9(25)12-14(28)16(30)18(33-20(12)19)6-1-2-7(23)8(24)3-6/h1-4,11,13,15,17,21-27,29-31H,5H2/t11-,13-,15-,17+,21+/m1/s1. The molecule has 1 aliphatic heterocycles. The van der Waals surface area contributed by atoms with Crippen LogP contribution in [0.3, 0.4) is 0 Å². The van der Waals surface area contributed by atoms with Crippen LogP contribution in [0.25, 0.3) is 22.3 Å². The average molecular weight is 480 g/mol. The summed E-state index contributed by atoms with van der Waals surface area (Å²) in [6, 6.07) is 3.92. The normalized spacial score (nSPS) is 24.9. The second kappa shape index (κ2) is 8.55. The fraction of sp³-hybridized carbons (Fsp3) is 0.286. The summed E-state index contributed by atoms with van der Waals surface area (Å²) < 4.78 is 16.2. The lowest BCUT2D eigenvalue weighted by atomic mass is 9.99. The van der Waals surface area contributed by atoms with E-state index in [-0.39, 0.29) is 5.56 Å². The first-order valence-corrected chi connectivity index (χ1v) is 9.79. The van der Waals surface area contributed by atoms with Crippen LogP contribution in [-0.4, -0.2) is 83.3 Å². The number of fused-ring (bicyclic) bond motifs is 1. The van der Waals surface area contributed by atoms with Gasteiger partial charge in [-0.05, 0) is 18.2 Å². The van der Waals surface area contributed by atoms with E-state index < -0.39 is 94.0 Å². The number of aliphatic hydroxyl groups excluding tert-OH is 4. The predicted molar refractivity (Wildman–Crippen MR) is 111 cm³/mol. The van der Waals surface area contributed by atoms with Crippen molar-refractivity contribution in [2.45, 2.75) is 30.7 Å². The van der Waals surface area contributed by atoms with Crippen molar-refractivity contribution in [1.82, 2.24) is 0 Å². The van der Waals surface area contributed by atoms with E-state index in [1.807, 2.05) is 0 Å². The highest BCUT2D eigenvalue weighted by molar-refractivity contribution is 5.93. The molecule has 1 fully saturated rings. The van der Waals surface area contributed by atoms with Gasteiger partial charge in [0.25, 0.3) is 0 Å². The van der Waals surface area contributed by atoms with Crippen LogP contribution >= 0.6 is 0 Å². The van der Waals surface area contributed by atoms with Crippen molar-refractivity contribution >= 4 is 11.0 Å². The highest BCUT2D eigenvalue weighted by atomic mass is 16.7. The maximum atomic E-state index is 12.8. The Labute approximate surface area is 189 Å². The van der Waals surface area contributed by atoms with Gasteiger partial charge >= 0.3 is 0 Å². The molecular formula is C21H20O13. The fourth-order valence-electron chi connectivity index (χ4n) is 3.56. The van der Waals surface area contributed by atoms with Crippen molar-refractivity contribution in [3.63, 3.8) is 0 Å². The molecule has 0 amide bonds. The van der Waals surface area contributed by atoms with Crippen LogP contribution in [0.15, 0.2) is 33.5 Å². The molecule has 5 atom stereocenters. The summed E-state index contributed by atoms with van der Waals surface area (Å²) in [5, 5.41) is 89.0. The highest BCUT2D eigenvalue weighted by Gasteiger charge is 2.45. The third kappa shape index (κ3) is 3.70. The number of aromatic hydroxyl groups is 5. The zero-order valence-corrected chi connectivity index (χ0v) is 17.1. The summed E-state index contributed by atoms with van der Waals surface area (Å²) in [7, 11) is 0. The van der Waals surface area contributed by atoms with Crippen LogP contribution < -0.4 is 10.2 Å². The molecule has 0 spiro atoms. The number of ether oxygens (including phenoxy) is 2. The van der Waals surface area contributed by atoms with Crippen LogP contribution in [-0.2, 0) is 4.74 Å². The Morgan fingerprint density at radius 2 is 1.56 bits per heavy atom. The number of rotatable bonds is 4. The molecule has 2 aromatic carbocycles. The lowest BCUT2D eigenvalue weighted by molar-refractivity contribution is -0.277. The molecule has 182 valence electrons. The second-order valence-corrected chi connectivity index (χ2v) is 7.58. The van der Waals surface area contributed by atoms with E-state index in [1.165, 1.54) is 6.07 Å². The number of benzene rings is 2. The van der Waals surface area contributed by atoms with Crippen molar-refractivity contribution < 1.29 is 59.8 Å². The summed E-state index contributed by atoms with van der Waals surface area (Å²) in [4.78, 5) is 12.8. The molecule has 1 saturated heterocycles. The molecule has 0 unspecified atom stereocenters. The average Bonchev–Trinajstić information content (AvgIpc) is 2.80. The summed E-state index contributed by atoms with van der Waals surface area (Å²) >= 11 is 0. The Balaban J connectivity index is 1.89. The van der Waals surface area contributed by atoms with Gasteiger partial charge in [0, 0.05) is 11.6 Å². The minimum atomic E-state index is -1.88. The minimum Gasteiger partial charge on any atom is -0.507 e. The van der Waals surface area contributed by atoms with Crippen molar-refractivity contribution in [3.8, 4) is 45.8 Å². The van der Waals surface area contributed by atoms with E-state index in [0.717, 1.165) is 12.1 Å². The molecule has 13 heteroatoms. The van der Waals surface area contributed by atoms with Crippen LogP contribution in [0.5, 0.6) is 34.5 Å². The SMILES string of the molecule is O=c1c(O)c(-c2ccc(O)c(O)c2)oc2c(O[C@@H]3O[C@H](CO)[C@@H](O)[C@@H](O)[C@@H]3O)c(O)cc(O)c12. The van der Waals surface area contributed by atoms with Gasteiger partial charge in [0.1, 0.15) is 35.6 Å². The molecule has 1 aliphatic rings. The molecule has 1 aromatic heterocycles. The Bertz CT molecular complexity index is 1300. The van der Waals surface area contributed by atoms with E-state index in [2.05, 4.69) is 0 Å². The lowest BCUT2D eigenvalue weighted by Crippen LogP contribution is -2.60. The fourth-order valence-corrected chi connectivity index (χ4v) is 3.56. The van der Waals surface area contributed by atoms with Crippen molar-refractivity contribution in [2.75, 3.05) is 6.61 Å². The maximum absolute atomic E-state index is 12.8.